The largest absolute Gasteiger partial charge is 0.317 e. The van der Waals surface area contributed by atoms with Crippen LogP contribution in [-0.2, 0) is 17.8 Å². The molecule has 0 saturated carbocycles. The van der Waals surface area contributed by atoms with E-state index in [-0.39, 0.29) is 5.91 Å². The molecule has 1 aromatic carbocycles. The van der Waals surface area contributed by atoms with Crippen LogP contribution in [0.2, 0.25) is 0 Å². The van der Waals surface area contributed by atoms with Gasteiger partial charge in [-0.25, -0.2) is 4.98 Å². The number of fused-ring (bicyclic) bond motifs is 2. The van der Waals surface area contributed by atoms with E-state index in [0.29, 0.717) is 19.0 Å². The smallest absolute Gasteiger partial charge is 0.226 e. The Morgan fingerprint density at radius 1 is 1.15 bits per heavy atom. The monoisotopic (exact) mass is 477 g/mol. The number of benzene rings is 1. The maximum atomic E-state index is 12.7. The minimum atomic E-state index is 0.0389. The van der Waals surface area contributed by atoms with Crippen molar-refractivity contribution in [2.75, 3.05) is 18.4 Å². The molecule has 3 N–H and O–H groups in total. The van der Waals surface area contributed by atoms with Gasteiger partial charge >= 0.3 is 0 Å². The van der Waals surface area contributed by atoms with Gasteiger partial charge in [0.25, 0.3) is 0 Å². The highest BCUT2D eigenvalue weighted by molar-refractivity contribution is 7.23. The van der Waals surface area contributed by atoms with E-state index in [1.165, 1.54) is 10.4 Å². The first-order valence-corrected chi connectivity index (χ1v) is 12.9. The fraction of sp³-hybridized carbons (Fsp3) is 0.320. The van der Waals surface area contributed by atoms with Crippen LogP contribution in [0.5, 0.6) is 0 Å². The number of aromatic nitrogens is 2. The predicted octanol–water partition coefficient (Wildman–Crippen LogP) is 5.06. The van der Waals surface area contributed by atoms with Crippen LogP contribution < -0.4 is 16.0 Å². The zero-order chi connectivity index (χ0) is 22.8. The molecule has 0 spiro atoms. The molecule has 1 amide bonds. The fourth-order valence-corrected chi connectivity index (χ4v) is 6.40. The van der Waals surface area contributed by atoms with E-state index in [1.54, 1.807) is 22.7 Å². The number of hydrogen-bond donors (Lipinski definition) is 3. The van der Waals surface area contributed by atoms with Crippen LogP contribution in [0.1, 0.15) is 30.7 Å². The second-order valence-corrected chi connectivity index (χ2v) is 10.6. The second kappa shape index (κ2) is 9.69. The third-order valence-electron chi connectivity index (χ3n) is 5.70. The van der Waals surface area contributed by atoms with Crippen LogP contribution in [0, 0.1) is 0 Å². The Bertz CT molecular complexity index is 1280. The average Bonchev–Trinajstić information content (AvgIpc) is 3.39. The van der Waals surface area contributed by atoms with Gasteiger partial charge in [-0.05, 0) is 53.9 Å². The van der Waals surface area contributed by atoms with Gasteiger partial charge in [-0.3, -0.25) is 9.78 Å². The molecule has 0 radical (unpaired) electrons. The molecule has 1 aliphatic heterocycles. The summed E-state index contributed by atoms with van der Waals surface area (Å²) in [5.74, 6) is 0.0389. The maximum absolute atomic E-state index is 12.7. The lowest BCUT2D eigenvalue weighted by atomic mass is 10.0. The average molecular weight is 478 g/mol. The number of nitrogens with one attached hydrogen (secondary N) is 3. The normalized spacial score (nSPS) is 13.4. The van der Waals surface area contributed by atoms with Gasteiger partial charge in [0.05, 0.1) is 10.2 Å². The summed E-state index contributed by atoms with van der Waals surface area (Å²) in [7, 11) is 0. The standard InChI is InChI=1S/C25H27N5OS2/c1-15(2)28-12-8-22(31)30-25-23(18-7-11-27-14-21(18)33-25)24-29-19-13-17(3-4-20(19)32-24)16-5-9-26-10-6-16/h3-6,9-10,13,15,27-28H,7-8,11-12,14H2,1-2H3,(H,30,31). The maximum Gasteiger partial charge on any atom is 0.226 e. The summed E-state index contributed by atoms with van der Waals surface area (Å²) in [5.41, 5.74) is 5.67. The number of rotatable bonds is 7. The lowest BCUT2D eigenvalue weighted by Crippen LogP contribution is -2.27. The third-order valence-corrected chi connectivity index (χ3v) is 7.90. The van der Waals surface area contributed by atoms with E-state index in [2.05, 4.69) is 53.0 Å². The number of thiazole rings is 1. The van der Waals surface area contributed by atoms with Gasteiger partial charge in [-0.2, -0.15) is 0 Å². The molecule has 0 bridgehead atoms. The molecule has 0 saturated heterocycles. The van der Waals surface area contributed by atoms with E-state index in [0.717, 1.165) is 56.4 Å². The summed E-state index contributed by atoms with van der Waals surface area (Å²) in [6.45, 7) is 6.63. The van der Waals surface area contributed by atoms with E-state index >= 15 is 0 Å². The Hall–Kier alpha value is -2.65. The second-order valence-electron chi connectivity index (χ2n) is 8.48. The van der Waals surface area contributed by atoms with Crippen LogP contribution in [0.25, 0.3) is 31.9 Å². The number of nitrogens with zero attached hydrogens (tertiary/aromatic N) is 2. The van der Waals surface area contributed by atoms with Crippen LogP contribution >= 0.6 is 22.7 Å². The molecule has 8 heteroatoms. The van der Waals surface area contributed by atoms with Crippen molar-refractivity contribution in [1.29, 1.82) is 0 Å². The number of pyridine rings is 1. The topological polar surface area (TPSA) is 78.9 Å². The number of carbonyl (C=O) groups excluding carboxylic acids is 1. The molecule has 4 aromatic rings. The molecular formula is C25H27N5OS2. The van der Waals surface area contributed by atoms with Crippen molar-refractivity contribution >= 4 is 43.8 Å². The molecule has 33 heavy (non-hydrogen) atoms. The van der Waals surface area contributed by atoms with Gasteiger partial charge in [0.15, 0.2) is 0 Å². The highest BCUT2D eigenvalue weighted by Crippen LogP contribution is 2.45. The summed E-state index contributed by atoms with van der Waals surface area (Å²) < 4.78 is 1.15. The number of hydrogen-bond acceptors (Lipinski definition) is 7. The SMILES string of the molecule is CC(C)NCCC(=O)Nc1sc2c(c1-c1nc3cc(-c4ccncc4)ccc3s1)CCNC2. The molecule has 3 aromatic heterocycles. The molecule has 0 aliphatic carbocycles. The molecule has 0 atom stereocenters. The fourth-order valence-electron chi connectivity index (χ4n) is 4.07. The first-order valence-electron chi connectivity index (χ1n) is 11.3. The van der Waals surface area contributed by atoms with Crippen molar-refractivity contribution < 1.29 is 4.79 Å². The summed E-state index contributed by atoms with van der Waals surface area (Å²) in [6.07, 6.45) is 5.02. The number of carbonyl (C=O) groups is 1. The van der Waals surface area contributed by atoms with Crippen molar-refractivity contribution in [3.05, 3.63) is 53.2 Å². The lowest BCUT2D eigenvalue weighted by molar-refractivity contribution is -0.116. The zero-order valence-electron chi connectivity index (χ0n) is 18.8. The first-order chi connectivity index (χ1) is 16.1. The minimum absolute atomic E-state index is 0.0389. The molecular weight excluding hydrogens is 450 g/mol. The van der Waals surface area contributed by atoms with Gasteiger partial charge in [-0.1, -0.05) is 19.9 Å². The van der Waals surface area contributed by atoms with E-state index in [9.17, 15) is 4.79 Å². The summed E-state index contributed by atoms with van der Waals surface area (Å²) in [6, 6.07) is 10.8. The zero-order valence-corrected chi connectivity index (χ0v) is 20.4. The number of anilines is 1. The molecule has 0 fully saturated rings. The van der Waals surface area contributed by atoms with Crippen LogP contribution in [-0.4, -0.2) is 35.0 Å². The van der Waals surface area contributed by atoms with Crippen molar-refractivity contribution in [2.24, 2.45) is 0 Å². The number of amides is 1. The van der Waals surface area contributed by atoms with Gasteiger partial charge < -0.3 is 16.0 Å². The van der Waals surface area contributed by atoms with E-state index in [4.69, 9.17) is 4.98 Å². The van der Waals surface area contributed by atoms with Gasteiger partial charge in [-0.15, -0.1) is 22.7 Å². The summed E-state index contributed by atoms with van der Waals surface area (Å²) in [5, 5.41) is 11.9. The van der Waals surface area contributed by atoms with Gasteiger partial charge in [0.2, 0.25) is 5.91 Å². The summed E-state index contributed by atoms with van der Waals surface area (Å²) >= 11 is 3.37. The highest BCUT2D eigenvalue weighted by atomic mass is 32.1. The molecule has 5 rings (SSSR count). The Labute approximate surface area is 201 Å². The molecule has 1 aliphatic rings. The Balaban J connectivity index is 1.48. The van der Waals surface area contributed by atoms with Gasteiger partial charge in [0.1, 0.15) is 10.0 Å². The van der Waals surface area contributed by atoms with Crippen molar-refractivity contribution in [2.45, 2.75) is 39.3 Å². The predicted molar refractivity (Wildman–Crippen MR) is 138 cm³/mol. The number of thiophene rings is 1. The van der Waals surface area contributed by atoms with Gasteiger partial charge in [0, 0.05) is 48.4 Å². The molecule has 6 nitrogen and oxygen atoms in total. The first kappa shape index (κ1) is 22.2. The molecule has 0 unspecified atom stereocenters. The van der Waals surface area contributed by atoms with Crippen LogP contribution in [0.3, 0.4) is 0 Å². The minimum Gasteiger partial charge on any atom is -0.317 e. The Morgan fingerprint density at radius 2 is 2.00 bits per heavy atom. The van der Waals surface area contributed by atoms with E-state index < -0.39 is 0 Å². The highest BCUT2D eigenvalue weighted by Gasteiger charge is 2.25. The lowest BCUT2D eigenvalue weighted by Gasteiger charge is -2.13. The third kappa shape index (κ3) is 4.84. The Kier molecular flexibility index (Phi) is 6.50. The Morgan fingerprint density at radius 3 is 2.82 bits per heavy atom. The van der Waals surface area contributed by atoms with Crippen LogP contribution in [0.4, 0.5) is 5.00 Å². The molecule has 170 valence electrons. The quantitative estimate of drug-likeness (QED) is 0.347. The summed E-state index contributed by atoms with van der Waals surface area (Å²) in [4.78, 5) is 23.1. The van der Waals surface area contributed by atoms with Crippen molar-refractivity contribution in [3.63, 3.8) is 0 Å². The molecule has 4 heterocycles. The van der Waals surface area contributed by atoms with Crippen molar-refractivity contribution in [3.8, 4) is 21.7 Å². The van der Waals surface area contributed by atoms with Crippen molar-refractivity contribution in [1.82, 2.24) is 20.6 Å². The van der Waals surface area contributed by atoms with Crippen LogP contribution in [0.15, 0.2) is 42.7 Å². The van der Waals surface area contributed by atoms with E-state index in [1.807, 2.05) is 24.5 Å².